The van der Waals surface area contributed by atoms with Gasteiger partial charge in [0.25, 0.3) is 11.8 Å². The minimum atomic E-state index is -0.542. The highest BCUT2D eigenvalue weighted by molar-refractivity contribution is 8.00. The first-order valence-corrected chi connectivity index (χ1v) is 16.5. The Morgan fingerprint density at radius 2 is 1.78 bits per heavy atom. The van der Waals surface area contributed by atoms with E-state index in [1.165, 1.54) is 35.4 Å². The summed E-state index contributed by atoms with van der Waals surface area (Å²) in [5.41, 5.74) is 2.38. The molecule has 2 aromatic carbocycles. The van der Waals surface area contributed by atoms with Crippen molar-refractivity contribution >= 4 is 63.6 Å². The number of furan rings is 1. The number of benzene rings is 2. The van der Waals surface area contributed by atoms with E-state index in [-0.39, 0.29) is 24.0 Å². The standard InChI is InChI=1S/C34H33N3O6S2/c1-2-42-34(41)30-26-16-7-4-8-17-28(26)45-33(30)37-29(38)21-44-25-15-9-13-23(19-25)35-32(40)27(20-24-14-10-18-43-24)36-31(39)22-11-5-3-6-12-22/h3,5-6,9-15,18-20H,2,4,7-8,16-17,21H2,1H3,(H,35,40)(H,36,39)(H,37,38)/b27-20-. The molecule has 3 amide bonds. The highest BCUT2D eigenvalue weighted by Gasteiger charge is 2.26. The summed E-state index contributed by atoms with van der Waals surface area (Å²) in [6.07, 6.45) is 7.81. The number of carbonyl (C=O) groups excluding carboxylic acids is 4. The number of rotatable bonds is 11. The first-order valence-electron chi connectivity index (χ1n) is 14.7. The Kier molecular flexibility index (Phi) is 10.9. The van der Waals surface area contributed by atoms with Gasteiger partial charge in [-0.25, -0.2) is 4.79 Å². The highest BCUT2D eigenvalue weighted by atomic mass is 32.2. The Morgan fingerprint density at radius 1 is 0.956 bits per heavy atom. The third-order valence-corrected chi connectivity index (χ3v) is 9.18. The number of esters is 1. The van der Waals surface area contributed by atoms with Gasteiger partial charge in [0.1, 0.15) is 16.5 Å². The van der Waals surface area contributed by atoms with E-state index < -0.39 is 17.8 Å². The average molecular weight is 644 g/mol. The number of thioether (sulfide) groups is 1. The summed E-state index contributed by atoms with van der Waals surface area (Å²) in [7, 11) is 0. The maximum Gasteiger partial charge on any atom is 0.341 e. The molecule has 9 nitrogen and oxygen atoms in total. The van der Waals surface area contributed by atoms with E-state index in [1.807, 2.05) is 6.07 Å². The van der Waals surface area contributed by atoms with Gasteiger partial charge >= 0.3 is 5.97 Å². The molecule has 0 spiro atoms. The predicted octanol–water partition coefficient (Wildman–Crippen LogP) is 6.93. The zero-order valence-electron chi connectivity index (χ0n) is 24.7. The van der Waals surface area contributed by atoms with Gasteiger partial charge in [0.2, 0.25) is 5.91 Å². The molecule has 3 N–H and O–H groups in total. The van der Waals surface area contributed by atoms with Crippen LogP contribution in [0.1, 0.15) is 63.1 Å². The second kappa shape index (κ2) is 15.4. The Morgan fingerprint density at radius 3 is 2.56 bits per heavy atom. The number of nitrogens with one attached hydrogen (secondary N) is 3. The third-order valence-electron chi connectivity index (χ3n) is 6.97. The smallest absolute Gasteiger partial charge is 0.341 e. The molecule has 1 aliphatic rings. The summed E-state index contributed by atoms with van der Waals surface area (Å²) >= 11 is 2.76. The molecule has 0 atom stereocenters. The zero-order valence-corrected chi connectivity index (χ0v) is 26.4. The van der Waals surface area contributed by atoms with Gasteiger partial charge in [-0.2, -0.15) is 0 Å². The SMILES string of the molecule is CCOC(=O)c1c(NC(=O)CSc2cccc(NC(=O)/C(=C/c3ccco3)NC(=O)c3ccccc3)c2)sc2c1CCCCC2. The molecular formula is C34H33N3O6S2. The lowest BCUT2D eigenvalue weighted by molar-refractivity contribution is -0.114. The molecule has 2 aromatic heterocycles. The van der Waals surface area contributed by atoms with Gasteiger partial charge in [0, 0.05) is 27.1 Å². The molecule has 0 bridgehead atoms. The molecular weight excluding hydrogens is 611 g/mol. The predicted molar refractivity (Wildman–Crippen MR) is 177 cm³/mol. The maximum absolute atomic E-state index is 13.3. The van der Waals surface area contributed by atoms with Crippen molar-refractivity contribution in [3.05, 3.63) is 106 Å². The van der Waals surface area contributed by atoms with Crippen LogP contribution in [-0.4, -0.2) is 36.1 Å². The average Bonchev–Trinajstić information content (AvgIpc) is 3.61. The molecule has 0 aliphatic heterocycles. The second-order valence-electron chi connectivity index (χ2n) is 10.2. The molecule has 232 valence electrons. The van der Waals surface area contributed by atoms with Crippen molar-refractivity contribution in [3.8, 4) is 0 Å². The van der Waals surface area contributed by atoms with Crippen LogP contribution in [0.25, 0.3) is 6.08 Å². The molecule has 11 heteroatoms. The normalized spacial score (nSPS) is 12.9. The fourth-order valence-electron chi connectivity index (χ4n) is 4.88. The molecule has 5 rings (SSSR count). The fraction of sp³-hybridized carbons (Fsp3) is 0.235. The first-order chi connectivity index (χ1) is 21.9. The fourth-order valence-corrected chi connectivity index (χ4v) is 6.93. The van der Waals surface area contributed by atoms with Crippen LogP contribution in [0.3, 0.4) is 0 Å². The van der Waals surface area contributed by atoms with Gasteiger partial charge in [-0.15, -0.1) is 23.1 Å². The van der Waals surface area contributed by atoms with Crippen LogP contribution in [0.15, 0.2) is 88.0 Å². The molecule has 4 aromatic rings. The van der Waals surface area contributed by atoms with Gasteiger partial charge in [0.15, 0.2) is 0 Å². The lowest BCUT2D eigenvalue weighted by Crippen LogP contribution is -2.30. The van der Waals surface area contributed by atoms with E-state index in [0.717, 1.165) is 47.4 Å². The van der Waals surface area contributed by atoms with Crippen molar-refractivity contribution in [2.75, 3.05) is 23.0 Å². The third kappa shape index (κ3) is 8.52. The van der Waals surface area contributed by atoms with Crippen LogP contribution in [-0.2, 0) is 27.2 Å². The van der Waals surface area contributed by atoms with Crippen molar-refractivity contribution in [3.63, 3.8) is 0 Å². The van der Waals surface area contributed by atoms with Crippen molar-refractivity contribution in [1.82, 2.24) is 5.32 Å². The quantitative estimate of drug-likeness (QED) is 0.0700. The number of ether oxygens (including phenoxy) is 1. The Balaban J connectivity index is 1.24. The van der Waals surface area contributed by atoms with Crippen molar-refractivity contribution in [2.45, 2.75) is 43.9 Å². The summed E-state index contributed by atoms with van der Waals surface area (Å²) < 4.78 is 10.7. The van der Waals surface area contributed by atoms with Crippen LogP contribution in [0.2, 0.25) is 0 Å². The monoisotopic (exact) mass is 643 g/mol. The van der Waals surface area contributed by atoms with Crippen LogP contribution < -0.4 is 16.0 Å². The Hall–Kier alpha value is -4.61. The summed E-state index contributed by atoms with van der Waals surface area (Å²) in [4.78, 5) is 53.8. The molecule has 2 heterocycles. The molecule has 0 fully saturated rings. The second-order valence-corrected chi connectivity index (χ2v) is 12.4. The zero-order chi connectivity index (χ0) is 31.6. The largest absolute Gasteiger partial charge is 0.465 e. The maximum atomic E-state index is 13.3. The summed E-state index contributed by atoms with van der Waals surface area (Å²) in [5.74, 6) is -1.13. The van der Waals surface area contributed by atoms with E-state index in [1.54, 1.807) is 67.6 Å². The van der Waals surface area contributed by atoms with Gasteiger partial charge in [0.05, 0.1) is 24.2 Å². The molecule has 1 aliphatic carbocycles. The molecule has 0 saturated heterocycles. The summed E-state index contributed by atoms with van der Waals surface area (Å²) in [6, 6.07) is 19.0. The molecule has 0 saturated carbocycles. The molecule has 0 unspecified atom stereocenters. The Bertz CT molecular complexity index is 1700. The number of anilines is 2. The molecule has 0 radical (unpaired) electrons. The summed E-state index contributed by atoms with van der Waals surface area (Å²) in [5, 5.41) is 8.97. The van der Waals surface area contributed by atoms with Gasteiger partial charge in [-0.1, -0.05) is 30.7 Å². The van der Waals surface area contributed by atoms with E-state index in [2.05, 4.69) is 16.0 Å². The number of fused-ring (bicyclic) bond motifs is 1. The van der Waals surface area contributed by atoms with Gasteiger partial charge in [-0.3, -0.25) is 14.4 Å². The van der Waals surface area contributed by atoms with Crippen molar-refractivity contribution < 1.29 is 28.3 Å². The lowest BCUT2D eigenvalue weighted by atomic mass is 10.1. The van der Waals surface area contributed by atoms with Gasteiger partial charge < -0.3 is 25.1 Å². The van der Waals surface area contributed by atoms with E-state index in [9.17, 15) is 19.2 Å². The van der Waals surface area contributed by atoms with Crippen LogP contribution in [0.4, 0.5) is 10.7 Å². The topological polar surface area (TPSA) is 127 Å². The van der Waals surface area contributed by atoms with Crippen molar-refractivity contribution in [2.24, 2.45) is 0 Å². The van der Waals surface area contributed by atoms with E-state index in [4.69, 9.17) is 9.15 Å². The van der Waals surface area contributed by atoms with Gasteiger partial charge in [-0.05, 0) is 80.6 Å². The van der Waals surface area contributed by atoms with E-state index in [0.29, 0.717) is 27.6 Å². The summed E-state index contributed by atoms with van der Waals surface area (Å²) in [6.45, 7) is 2.03. The minimum Gasteiger partial charge on any atom is -0.465 e. The van der Waals surface area contributed by atoms with Crippen LogP contribution in [0, 0.1) is 0 Å². The number of carbonyl (C=O) groups is 4. The molecule has 45 heavy (non-hydrogen) atoms. The van der Waals surface area contributed by atoms with Crippen LogP contribution >= 0.6 is 23.1 Å². The van der Waals surface area contributed by atoms with Crippen LogP contribution in [0.5, 0.6) is 0 Å². The number of thiophene rings is 1. The Labute approximate surface area is 269 Å². The van der Waals surface area contributed by atoms with Crippen molar-refractivity contribution in [1.29, 1.82) is 0 Å². The van der Waals surface area contributed by atoms with E-state index >= 15 is 0 Å². The number of hydrogen-bond acceptors (Lipinski definition) is 8. The minimum absolute atomic E-state index is 0.00277. The highest BCUT2D eigenvalue weighted by Crippen LogP contribution is 2.38. The number of aryl methyl sites for hydroxylation is 1. The lowest BCUT2D eigenvalue weighted by Gasteiger charge is -2.12. The number of amides is 3. The first kappa shape index (κ1) is 31.8. The number of hydrogen-bond donors (Lipinski definition) is 3.